The minimum atomic E-state index is -1.41. The van der Waals surface area contributed by atoms with Crippen molar-refractivity contribution >= 4 is 0 Å². The lowest BCUT2D eigenvalue weighted by molar-refractivity contribution is -0.231. The Kier molecular flexibility index (Phi) is 6.78. The zero-order valence-electron chi connectivity index (χ0n) is 18.8. The first kappa shape index (κ1) is 23.3. The Bertz CT molecular complexity index is 1100. The average molecular weight is 456 g/mol. The molecule has 0 spiro atoms. The highest BCUT2D eigenvalue weighted by Gasteiger charge is 2.43. The van der Waals surface area contributed by atoms with Gasteiger partial charge in [0.2, 0.25) is 0 Å². The number of hydrogen-bond donors (Lipinski definition) is 4. The fourth-order valence-electron chi connectivity index (χ4n) is 3.91. The molecule has 1 aromatic heterocycles. The standard InChI is InChI=1S/C24H29N3O6/c1-13-4-7-16(23-22(31)21(30)20(29)19(12-28)33-23)11-17(13)10-15-5-8-18(9-6-15)32-24-26-25-14(2)27(24)3/h4-9,11,19-23,28-31H,10,12H2,1-3H3/t19?,20-,21?,22-,23+/m1/s1. The van der Waals surface area contributed by atoms with E-state index in [9.17, 15) is 20.4 Å². The van der Waals surface area contributed by atoms with Gasteiger partial charge in [0.25, 0.3) is 0 Å². The van der Waals surface area contributed by atoms with Crippen LogP contribution in [0.25, 0.3) is 0 Å². The zero-order valence-corrected chi connectivity index (χ0v) is 18.8. The van der Waals surface area contributed by atoms with Gasteiger partial charge in [-0.3, -0.25) is 4.57 Å². The summed E-state index contributed by atoms with van der Waals surface area (Å²) in [6, 6.07) is 13.8. The predicted molar refractivity (Wildman–Crippen MR) is 119 cm³/mol. The molecule has 1 aliphatic heterocycles. The molecular weight excluding hydrogens is 426 g/mol. The van der Waals surface area contributed by atoms with Gasteiger partial charge in [0, 0.05) is 7.05 Å². The second-order valence-electron chi connectivity index (χ2n) is 8.45. The van der Waals surface area contributed by atoms with Crippen molar-refractivity contribution < 1.29 is 29.9 Å². The van der Waals surface area contributed by atoms with Crippen LogP contribution < -0.4 is 4.74 Å². The normalized spacial score (nSPS) is 25.2. The molecule has 4 rings (SSSR count). The summed E-state index contributed by atoms with van der Waals surface area (Å²) in [5, 5.41) is 48.1. The summed E-state index contributed by atoms with van der Waals surface area (Å²) in [4.78, 5) is 0. The second kappa shape index (κ2) is 9.58. The Morgan fingerprint density at radius 2 is 1.70 bits per heavy atom. The van der Waals surface area contributed by atoms with E-state index in [0.717, 1.165) is 22.5 Å². The van der Waals surface area contributed by atoms with Crippen LogP contribution in [0.5, 0.6) is 11.8 Å². The van der Waals surface area contributed by atoms with Crippen molar-refractivity contribution in [1.82, 2.24) is 14.8 Å². The molecule has 2 aromatic carbocycles. The lowest BCUT2D eigenvalue weighted by Gasteiger charge is -2.40. The van der Waals surface area contributed by atoms with Gasteiger partial charge in [-0.1, -0.05) is 35.4 Å². The van der Waals surface area contributed by atoms with E-state index < -0.39 is 37.1 Å². The van der Waals surface area contributed by atoms with Crippen LogP contribution in [-0.4, -0.2) is 66.2 Å². The first-order valence-corrected chi connectivity index (χ1v) is 10.8. The zero-order chi connectivity index (χ0) is 23.7. The van der Waals surface area contributed by atoms with Gasteiger partial charge in [0.1, 0.15) is 42.1 Å². The van der Waals surface area contributed by atoms with Crippen LogP contribution in [0.4, 0.5) is 0 Å². The number of benzene rings is 2. The summed E-state index contributed by atoms with van der Waals surface area (Å²) in [7, 11) is 1.84. The van der Waals surface area contributed by atoms with Crippen LogP contribution >= 0.6 is 0 Å². The lowest BCUT2D eigenvalue weighted by Crippen LogP contribution is -2.55. The number of hydrogen-bond acceptors (Lipinski definition) is 8. The molecule has 0 amide bonds. The smallest absolute Gasteiger partial charge is 0.322 e. The minimum Gasteiger partial charge on any atom is -0.424 e. The van der Waals surface area contributed by atoms with Crippen molar-refractivity contribution in [3.05, 3.63) is 70.5 Å². The highest BCUT2D eigenvalue weighted by atomic mass is 16.5. The molecule has 0 bridgehead atoms. The maximum atomic E-state index is 10.5. The first-order chi connectivity index (χ1) is 15.8. The van der Waals surface area contributed by atoms with Crippen molar-refractivity contribution in [1.29, 1.82) is 0 Å². The summed E-state index contributed by atoms with van der Waals surface area (Å²) in [6.07, 6.45) is -5.25. The molecule has 2 unspecified atom stereocenters. The van der Waals surface area contributed by atoms with Crippen molar-refractivity contribution in [2.75, 3.05) is 6.61 Å². The van der Waals surface area contributed by atoms with Gasteiger partial charge in [0.05, 0.1) is 6.61 Å². The lowest BCUT2D eigenvalue weighted by atomic mass is 9.89. The fourth-order valence-corrected chi connectivity index (χ4v) is 3.91. The Hall–Kier alpha value is -2.82. The van der Waals surface area contributed by atoms with Crippen LogP contribution in [0.1, 0.15) is 34.2 Å². The van der Waals surface area contributed by atoms with Gasteiger partial charge in [-0.05, 0) is 54.7 Å². The first-order valence-electron chi connectivity index (χ1n) is 10.8. The molecule has 1 aliphatic rings. The predicted octanol–water partition coefficient (Wildman–Crippen LogP) is 1.33. The van der Waals surface area contributed by atoms with Gasteiger partial charge in [-0.15, -0.1) is 5.10 Å². The monoisotopic (exact) mass is 455 g/mol. The molecule has 4 N–H and O–H groups in total. The Morgan fingerprint density at radius 1 is 0.970 bits per heavy atom. The minimum absolute atomic E-state index is 0.420. The van der Waals surface area contributed by atoms with Gasteiger partial charge >= 0.3 is 6.01 Å². The van der Waals surface area contributed by atoms with E-state index in [1.165, 1.54) is 0 Å². The third-order valence-electron chi connectivity index (χ3n) is 6.17. The molecular formula is C24H29N3O6. The molecule has 9 nitrogen and oxygen atoms in total. The average Bonchev–Trinajstić information content (AvgIpc) is 3.13. The van der Waals surface area contributed by atoms with E-state index in [4.69, 9.17) is 9.47 Å². The molecule has 176 valence electrons. The summed E-state index contributed by atoms with van der Waals surface area (Å²) in [5.74, 6) is 1.41. The fraction of sp³-hybridized carbons (Fsp3) is 0.417. The molecule has 33 heavy (non-hydrogen) atoms. The number of rotatable bonds is 6. The van der Waals surface area contributed by atoms with Crippen molar-refractivity contribution in [2.24, 2.45) is 7.05 Å². The van der Waals surface area contributed by atoms with Crippen molar-refractivity contribution in [3.8, 4) is 11.8 Å². The van der Waals surface area contributed by atoms with E-state index in [0.29, 0.717) is 23.7 Å². The Balaban J connectivity index is 1.51. The topological polar surface area (TPSA) is 130 Å². The van der Waals surface area contributed by atoms with Gasteiger partial charge < -0.3 is 29.9 Å². The Labute approximate surface area is 191 Å². The molecule has 0 aliphatic carbocycles. The SMILES string of the molecule is Cc1ccc([C@@H]2OC(CO)[C@@H](O)C(O)[C@H]2O)cc1Cc1ccc(Oc2nnc(C)n2C)cc1. The van der Waals surface area contributed by atoms with Crippen LogP contribution in [0.15, 0.2) is 42.5 Å². The molecule has 1 saturated heterocycles. The molecule has 5 atom stereocenters. The maximum Gasteiger partial charge on any atom is 0.322 e. The van der Waals surface area contributed by atoms with E-state index in [-0.39, 0.29) is 0 Å². The van der Waals surface area contributed by atoms with Crippen LogP contribution in [0.2, 0.25) is 0 Å². The quantitative estimate of drug-likeness (QED) is 0.438. The summed E-state index contributed by atoms with van der Waals surface area (Å²) < 4.78 is 13.3. The van der Waals surface area contributed by atoms with Crippen molar-refractivity contribution in [2.45, 2.75) is 50.8 Å². The van der Waals surface area contributed by atoms with E-state index in [2.05, 4.69) is 10.2 Å². The second-order valence-corrected chi connectivity index (χ2v) is 8.45. The number of aliphatic hydroxyl groups excluding tert-OH is 4. The van der Waals surface area contributed by atoms with E-state index >= 15 is 0 Å². The number of nitrogens with zero attached hydrogens (tertiary/aromatic N) is 3. The van der Waals surface area contributed by atoms with Gasteiger partial charge in [-0.2, -0.15) is 0 Å². The van der Waals surface area contributed by atoms with Gasteiger partial charge in [-0.25, -0.2) is 0 Å². The third kappa shape index (κ3) is 4.78. The summed E-state index contributed by atoms with van der Waals surface area (Å²) in [5.41, 5.74) is 3.83. The highest BCUT2D eigenvalue weighted by Crippen LogP contribution is 2.33. The molecule has 3 aromatic rings. The molecule has 0 saturated carbocycles. The molecule has 0 radical (unpaired) electrons. The largest absolute Gasteiger partial charge is 0.424 e. The number of aryl methyl sites for hydroxylation is 2. The molecule has 2 heterocycles. The Morgan fingerprint density at radius 3 is 2.33 bits per heavy atom. The van der Waals surface area contributed by atoms with Crippen LogP contribution in [0, 0.1) is 13.8 Å². The molecule has 1 fully saturated rings. The highest BCUT2D eigenvalue weighted by molar-refractivity contribution is 5.38. The summed E-state index contributed by atoms with van der Waals surface area (Å²) >= 11 is 0. The number of aliphatic hydroxyl groups is 4. The van der Waals surface area contributed by atoms with Crippen molar-refractivity contribution in [3.63, 3.8) is 0 Å². The maximum absolute atomic E-state index is 10.5. The number of ether oxygens (including phenoxy) is 2. The van der Waals surface area contributed by atoms with E-state index in [1.54, 1.807) is 4.57 Å². The molecule has 9 heteroatoms. The van der Waals surface area contributed by atoms with Gasteiger partial charge in [0.15, 0.2) is 0 Å². The van der Waals surface area contributed by atoms with E-state index in [1.807, 2.05) is 63.4 Å². The van der Waals surface area contributed by atoms with Crippen LogP contribution in [-0.2, 0) is 18.2 Å². The third-order valence-corrected chi connectivity index (χ3v) is 6.17. The number of aromatic nitrogens is 3. The summed E-state index contributed by atoms with van der Waals surface area (Å²) in [6.45, 7) is 3.40. The van der Waals surface area contributed by atoms with Crippen LogP contribution in [0.3, 0.4) is 0 Å².